The largest absolute Gasteiger partial charge is 0.394 e. The Kier molecular flexibility index (Phi) is 3.23. The fraction of sp³-hybridized carbons (Fsp3) is 0.300. The molecule has 0 radical (unpaired) electrons. The first-order valence-corrected chi connectivity index (χ1v) is 4.88. The zero-order valence-corrected chi connectivity index (χ0v) is 8.58. The first-order chi connectivity index (χ1) is 7.79. The van der Waals surface area contributed by atoms with Crippen LogP contribution in [0.25, 0.3) is 0 Å². The van der Waals surface area contributed by atoms with Gasteiger partial charge in [-0.3, -0.25) is 4.98 Å². The third kappa shape index (κ3) is 2.41. The molecular formula is C10H12N4O2. The van der Waals surface area contributed by atoms with Crippen LogP contribution in [-0.2, 0) is 6.42 Å². The molecule has 3 N–H and O–H groups in total. The SMILES string of the molecule is NC(CO)c1nc(Cc2ccccn2)no1. The summed E-state index contributed by atoms with van der Waals surface area (Å²) in [5.41, 5.74) is 6.39. The Morgan fingerprint density at radius 3 is 3.00 bits per heavy atom. The van der Waals surface area contributed by atoms with Crippen molar-refractivity contribution in [1.29, 1.82) is 0 Å². The highest BCUT2D eigenvalue weighted by molar-refractivity contribution is 5.09. The molecule has 2 aromatic rings. The molecule has 0 aromatic carbocycles. The molecule has 2 rings (SSSR count). The summed E-state index contributed by atoms with van der Waals surface area (Å²) in [6.07, 6.45) is 2.19. The minimum Gasteiger partial charge on any atom is -0.394 e. The lowest BCUT2D eigenvalue weighted by Crippen LogP contribution is -2.14. The van der Waals surface area contributed by atoms with E-state index in [1.165, 1.54) is 0 Å². The predicted octanol–water partition coefficient (Wildman–Crippen LogP) is 0.0475. The Hall–Kier alpha value is -1.79. The molecule has 0 bridgehead atoms. The zero-order valence-electron chi connectivity index (χ0n) is 8.58. The number of hydrogen-bond acceptors (Lipinski definition) is 6. The van der Waals surface area contributed by atoms with Crippen LogP contribution in [0.15, 0.2) is 28.9 Å². The highest BCUT2D eigenvalue weighted by Gasteiger charge is 2.13. The number of nitrogens with two attached hydrogens (primary N) is 1. The zero-order chi connectivity index (χ0) is 11.4. The lowest BCUT2D eigenvalue weighted by molar-refractivity contribution is 0.236. The highest BCUT2D eigenvalue weighted by Crippen LogP contribution is 2.08. The van der Waals surface area contributed by atoms with E-state index in [9.17, 15) is 0 Å². The van der Waals surface area contributed by atoms with E-state index >= 15 is 0 Å². The predicted molar refractivity (Wildman–Crippen MR) is 55.4 cm³/mol. The van der Waals surface area contributed by atoms with Crippen LogP contribution in [0.2, 0.25) is 0 Å². The van der Waals surface area contributed by atoms with Crippen molar-refractivity contribution < 1.29 is 9.63 Å². The number of pyridine rings is 1. The van der Waals surface area contributed by atoms with Crippen molar-refractivity contribution in [3.63, 3.8) is 0 Å². The quantitative estimate of drug-likeness (QED) is 0.755. The average molecular weight is 220 g/mol. The van der Waals surface area contributed by atoms with Crippen molar-refractivity contribution in [2.75, 3.05) is 6.61 Å². The Morgan fingerprint density at radius 1 is 1.44 bits per heavy atom. The number of rotatable bonds is 4. The molecule has 16 heavy (non-hydrogen) atoms. The molecule has 2 aromatic heterocycles. The van der Waals surface area contributed by atoms with Crippen molar-refractivity contribution in [2.24, 2.45) is 5.73 Å². The van der Waals surface area contributed by atoms with Gasteiger partial charge in [0.2, 0.25) is 5.89 Å². The Balaban J connectivity index is 2.09. The fourth-order valence-corrected chi connectivity index (χ4v) is 1.23. The van der Waals surface area contributed by atoms with Crippen LogP contribution in [0, 0.1) is 0 Å². The van der Waals surface area contributed by atoms with Gasteiger partial charge in [-0.15, -0.1) is 0 Å². The van der Waals surface area contributed by atoms with E-state index in [-0.39, 0.29) is 12.5 Å². The number of nitrogens with zero attached hydrogens (tertiary/aromatic N) is 3. The van der Waals surface area contributed by atoms with Gasteiger partial charge in [0.1, 0.15) is 6.04 Å². The van der Waals surface area contributed by atoms with E-state index in [0.29, 0.717) is 12.2 Å². The van der Waals surface area contributed by atoms with Gasteiger partial charge in [0, 0.05) is 11.9 Å². The van der Waals surface area contributed by atoms with Crippen LogP contribution in [0.5, 0.6) is 0 Å². The lowest BCUT2D eigenvalue weighted by atomic mass is 10.2. The molecule has 0 saturated carbocycles. The number of aliphatic hydroxyl groups is 1. The third-order valence-electron chi connectivity index (χ3n) is 2.06. The van der Waals surface area contributed by atoms with Crippen LogP contribution < -0.4 is 5.73 Å². The van der Waals surface area contributed by atoms with E-state index in [0.717, 1.165) is 5.69 Å². The smallest absolute Gasteiger partial charge is 0.245 e. The molecule has 6 heteroatoms. The maximum atomic E-state index is 8.82. The van der Waals surface area contributed by atoms with E-state index in [4.69, 9.17) is 15.4 Å². The van der Waals surface area contributed by atoms with Gasteiger partial charge in [-0.2, -0.15) is 4.98 Å². The average Bonchev–Trinajstić information content (AvgIpc) is 2.78. The number of hydrogen-bond donors (Lipinski definition) is 2. The van der Waals surface area contributed by atoms with E-state index in [1.807, 2.05) is 18.2 Å². The summed E-state index contributed by atoms with van der Waals surface area (Å²) >= 11 is 0. The van der Waals surface area contributed by atoms with Crippen molar-refractivity contribution in [3.05, 3.63) is 41.8 Å². The van der Waals surface area contributed by atoms with Gasteiger partial charge in [-0.05, 0) is 12.1 Å². The van der Waals surface area contributed by atoms with Crippen LogP contribution >= 0.6 is 0 Å². The van der Waals surface area contributed by atoms with Crippen molar-refractivity contribution in [1.82, 2.24) is 15.1 Å². The molecule has 84 valence electrons. The van der Waals surface area contributed by atoms with Gasteiger partial charge in [0.15, 0.2) is 5.82 Å². The van der Waals surface area contributed by atoms with Gasteiger partial charge < -0.3 is 15.4 Å². The minimum atomic E-state index is -0.620. The molecule has 0 aliphatic carbocycles. The number of aromatic nitrogens is 3. The fourth-order valence-electron chi connectivity index (χ4n) is 1.23. The first-order valence-electron chi connectivity index (χ1n) is 4.88. The molecule has 1 atom stereocenters. The van der Waals surface area contributed by atoms with Crippen molar-refractivity contribution in [3.8, 4) is 0 Å². The molecule has 6 nitrogen and oxygen atoms in total. The summed E-state index contributed by atoms with van der Waals surface area (Å²) in [5.74, 6) is 0.756. The Labute approximate surface area is 92.1 Å². The van der Waals surface area contributed by atoms with Crippen LogP contribution in [0.1, 0.15) is 23.5 Å². The summed E-state index contributed by atoms with van der Waals surface area (Å²) in [4.78, 5) is 8.22. The molecule has 0 spiro atoms. The molecule has 0 aliphatic heterocycles. The second kappa shape index (κ2) is 4.82. The summed E-state index contributed by atoms with van der Waals surface area (Å²) in [5, 5.41) is 12.6. The molecule has 0 fully saturated rings. The number of aliphatic hydroxyl groups excluding tert-OH is 1. The molecule has 2 heterocycles. The van der Waals surface area contributed by atoms with Gasteiger partial charge in [-0.25, -0.2) is 0 Å². The Bertz CT molecular complexity index is 443. The van der Waals surface area contributed by atoms with E-state index < -0.39 is 6.04 Å². The van der Waals surface area contributed by atoms with E-state index in [2.05, 4.69) is 15.1 Å². The molecule has 0 amide bonds. The van der Waals surface area contributed by atoms with E-state index in [1.54, 1.807) is 6.20 Å². The van der Waals surface area contributed by atoms with Crippen molar-refractivity contribution in [2.45, 2.75) is 12.5 Å². The van der Waals surface area contributed by atoms with Crippen LogP contribution in [0.4, 0.5) is 0 Å². The maximum Gasteiger partial charge on any atom is 0.245 e. The second-order valence-electron chi connectivity index (χ2n) is 3.34. The Morgan fingerprint density at radius 2 is 2.31 bits per heavy atom. The summed E-state index contributed by atoms with van der Waals surface area (Å²) in [6.45, 7) is -0.217. The minimum absolute atomic E-state index is 0.217. The normalized spacial score (nSPS) is 12.6. The van der Waals surface area contributed by atoms with Gasteiger partial charge in [0.05, 0.1) is 13.0 Å². The van der Waals surface area contributed by atoms with Crippen LogP contribution in [-0.4, -0.2) is 26.8 Å². The van der Waals surface area contributed by atoms with Crippen LogP contribution in [0.3, 0.4) is 0 Å². The first kappa shape index (κ1) is 10.7. The molecular weight excluding hydrogens is 208 g/mol. The van der Waals surface area contributed by atoms with Gasteiger partial charge in [0.25, 0.3) is 0 Å². The highest BCUT2D eigenvalue weighted by atomic mass is 16.5. The summed E-state index contributed by atoms with van der Waals surface area (Å²) in [7, 11) is 0. The molecule has 1 unspecified atom stereocenters. The third-order valence-corrected chi connectivity index (χ3v) is 2.06. The van der Waals surface area contributed by atoms with Gasteiger partial charge in [-0.1, -0.05) is 11.2 Å². The monoisotopic (exact) mass is 220 g/mol. The second-order valence-corrected chi connectivity index (χ2v) is 3.34. The lowest BCUT2D eigenvalue weighted by Gasteiger charge is -1.98. The van der Waals surface area contributed by atoms with Gasteiger partial charge >= 0.3 is 0 Å². The molecule has 0 aliphatic rings. The molecule has 0 saturated heterocycles. The summed E-state index contributed by atoms with van der Waals surface area (Å²) < 4.78 is 4.92. The maximum absolute atomic E-state index is 8.82. The van der Waals surface area contributed by atoms with Crippen molar-refractivity contribution >= 4 is 0 Å². The topological polar surface area (TPSA) is 98.1 Å². The standard InChI is InChI=1S/C10H12N4O2/c11-8(6-15)10-13-9(14-16-10)5-7-3-1-2-4-12-7/h1-4,8,15H,5-6,11H2. The summed E-state index contributed by atoms with van der Waals surface area (Å²) in [6, 6.07) is 4.99.